The summed E-state index contributed by atoms with van der Waals surface area (Å²) >= 11 is 0. The van der Waals surface area contributed by atoms with Crippen molar-refractivity contribution in [2.75, 3.05) is 0 Å². The predicted molar refractivity (Wildman–Crippen MR) is 77.9 cm³/mol. The maximum atomic E-state index is 11.9. The van der Waals surface area contributed by atoms with Gasteiger partial charge in [-0.05, 0) is 46.8 Å². The van der Waals surface area contributed by atoms with Crippen molar-refractivity contribution in [1.82, 2.24) is 5.48 Å². The summed E-state index contributed by atoms with van der Waals surface area (Å²) in [5, 5.41) is 0. The van der Waals surface area contributed by atoms with E-state index in [2.05, 4.69) is 9.76 Å². The maximum Gasteiger partial charge on any atom is 0.325 e. The van der Waals surface area contributed by atoms with Crippen molar-refractivity contribution < 1.29 is 22.2 Å². The van der Waals surface area contributed by atoms with Crippen LogP contribution in [-0.2, 0) is 23.9 Å². The van der Waals surface area contributed by atoms with Gasteiger partial charge in [0.25, 0.3) is 0 Å². The van der Waals surface area contributed by atoms with Gasteiger partial charge >= 0.3 is 16.1 Å². The number of ether oxygens (including phenoxy) is 1. The van der Waals surface area contributed by atoms with E-state index in [1.165, 1.54) is 19.1 Å². The molecule has 0 bridgehead atoms. The standard InChI is InChI=1S/C14H21NO5S/c1-10-6-8-12(9-7-10)21(17,18)20-15-11(2)13(16)19-14(3,4)5/h6-9,11,15H,1-5H3. The molecule has 0 saturated heterocycles. The first kappa shape index (κ1) is 17.6. The van der Waals surface area contributed by atoms with Crippen LogP contribution in [0.1, 0.15) is 33.3 Å². The normalized spacial score (nSPS) is 13.8. The van der Waals surface area contributed by atoms with Crippen LogP contribution in [0.4, 0.5) is 0 Å². The molecular formula is C14H21NO5S. The van der Waals surface area contributed by atoms with Crippen molar-refractivity contribution in [3.05, 3.63) is 29.8 Å². The molecule has 1 rings (SSSR count). The highest BCUT2D eigenvalue weighted by molar-refractivity contribution is 7.86. The first-order chi connectivity index (χ1) is 9.51. The molecule has 0 aromatic heterocycles. The van der Waals surface area contributed by atoms with Gasteiger partial charge in [-0.15, -0.1) is 0 Å². The molecule has 1 aromatic carbocycles. The number of nitrogens with one attached hydrogen (secondary N) is 1. The Kier molecular flexibility index (Phi) is 5.49. The zero-order valence-electron chi connectivity index (χ0n) is 12.8. The summed E-state index contributed by atoms with van der Waals surface area (Å²) in [6.07, 6.45) is 0. The summed E-state index contributed by atoms with van der Waals surface area (Å²) in [7, 11) is -3.97. The molecule has 0 spiro atoms. The summed E-state index contributed by atoms with van der Waals surface area (Å²) in [6.45, 7) is 8.48. The van der Waals surface area contributed by atoms with Gasteiger partial charge in [0.05, 0.1) is 4.90 Å². The van der Waals surface area contributed by atoms with Gasteiger partial charge in [0, 0.05) is 0 Å². The second-order valence-corrected chi connectivity index (χ2v) is 7.27. The summed E-state index contributed by atoms with van der Waals surface area (Å²) < 4.78 is 33.6. The van der Waals surface area contributed by atoms with Crippen molar-refractivity contribution >= 4 is 16.1 Å². The summed E-state index contributed by atoms with van der Waals surface area (Å²) in [5.41, 5.74) is 2.48. The molecule has 0 heterocycles. The minimum absolute atomic E-state index is 0.0111. The fraction of sp³-hybridized carbons (Fsp3) is 0.500. The summed E-state index contributed by atoms with van der Waals surface area (Å²) in [5.74, 6) is -0.596. The molecule has 0 amide bonds. The van der Waals surface area contributed by atoms with Crippen LogP contribution >= 0.6 is 0 Å². The van der Waals surface area contributed by atoms with E-state index in [1.807, 2.05) is 6.92 Å². The van der Waals surface area contributed by atoms with E-state index in [1.54, 1.807) is 32.9 Å². The molecule has 1 atom stereocenters. The van der Waals surface area contributed by atoms with Crippen LogP contribution in [0, 0.1) is 6.92 Å². The Morgan fingerprint density at radius 2 is 1.71 bits per heavy atom. The lowest BCUT2D eigenvalue weighted by Gasteiger charge is -2.22. The molecule has 0 aliphatic rings. The molecule has 1 unspecified atom stereocenters. The predicted octanol–water partition coefficient (Wildman–Crippen LogP) is 1.94. The Hall–Kier alpha value is -1.44. The first-order valence-electron chi connectivity index (χ1n) is 6.50. The number of esters is 1. The van der Waals surface area contributed by atoms with E-state index in [4.69, 9.17) is 4.74 Å². The average Bonchev–Trinajstić information content (AvgIpc) is 2.34. The molecule has 6 nitrogen and oxygen atoms in total. The van der Waals surface area contributed by atoms with Gasteiger partial charge in [-0.1, -0.05) is 17.7 Å². The Morgan fingerprint density at radius 1 is 1.19 bits per heavy atom. The highest BCUT2D eigenvalue weighted by Crippen LogP contribution is 2.13. The Labute approximate surface area is 125 Å². The van der Waals surface area contributed by atoms with E-state index in [-0.39, 0.29) is 4.90 Å². The van der Waals surface area contributed by atoms with Crippen molar-refractivity contribution in [3.63, 3.8) is 0 Å². The Bertz CT molecular complexity index is 587. The van der Waals surface area contributed by atoms with Gasteiger partial charge in [0.1, 0.15) is 11.6 Å². The molecule has 21 heavy (non-hydrogen) atoms. The lowest BCUT2D eigenvalue weighted by Crippen LogP contribution is -2.40. The van der Waals surface area contributed by atoms with Gasteiger partial charge in [-0.25, -0.2) is 0 Å². The number of carbonyl (C=O) groups is 1. The third-order valence-electron chi connectivity index (χ3n) is 2.40. The fourth-order valence-corrected chi connectivity index (χ4v) is 2.16. The largest absolute Gasteiger partial charge is 0.459 e. The van der Waals surface area contributed by atoms with Crippen molar-refractivity contribution in [2.45, 2.75) is 51.2 Å². The minimum atomic E-state index is -3.97. The SMILES string of the molecule is Cc1ccc(S(=O)(=O)ONC(C)C(=O)OC(C)(C)C)cc1. The third-order valence-corrected chi connectivity index (χ3v) is 3.57. The quantitative estimate of drug-likeness (QED) is 0.660. The van der Waals surface area contributed by atoms with Crippen LogP contribution in [0.15, 0.2) is 29.2 Å². The molecule has 7 heteroatoms. The highest BCUT2D eigenvalue weighted by atomic mass is 32.2. The number of aryl methyl sites for hydroxylation is 1. The molecule has 1 aromatic rings. The van der Waals surface area contributed by atoms with Crippen LogP contribution in [0.5, 0.6) is 0 Å². The van der Waals surface area contributed by atoms with E-state index >= 15 is 0 Å². The van der Waals surface area contributed by atoms with E-state index in [9.17, 15) is 13.2 Å². The van der Waals surface area contributed by atoms with Crippen molar-refractivity contribution in [2.24, 2.45) is 0 Å². The second-order valence-electron chi connectivity index (χ2n) is 5.72. The average molecular weight is 315 g/mol. The monoisotopic (exact) mass is 315 g/mol. The van der Waals surface area contributed by atoms with E-state index in [0.29, 0.717) is 0 Å². The lowest BCUT2D eigenvalue weighted by molar-refractivity contribution is -0.159. The van der Waals surface area contributed by atoms with Crippen LogP contribution in [0.2, 0.25) is 0 Å². The summed E-state index contributed by atoms with van der Waals surface area (Å²) in [6, 6.07) is 5.28. The van der Waals surface area contributed by atoms with Gasteiger partial charge in [-0.2, -0.15) is 18.2 Å². The van der Waals surface area contributed by atoms with Gasteiger partial charge in [0.2, 0.25) is 0 Å². The van der Waals surface area contributed by atoms with Crippen LogP contribution in [-0.4, -0.2) is 26.0 Å². The number of benzene rings is 1. The van der Waals surface area contributed by atoms with Crippen molar-refractivity contribution in [3.8, 4) is 0 Å². The van der Waals surface area contributed by atoms with E-state index < -0.39 is 27.7 Å². The minimum Gasteiger partial charge on any atom is -0.459 e. The third kappa shape index (κ3) is 5.82. The topological polar surface area (TPSA) is 81.7 Å². The second kappa shape index (κ2) is 6.55. The molecule has 0 aliphatic heterocycles. The van der Waals surface area contributed by atoms with E-state index in [0.717, 1.165) is 5.56 Å². The fourth-order valence-electron chi connectivity index (χ4n) is 1.33. The summed E-state index contributed by atoms with van der Waals surface area (Å²) in [4.78, 5) is 11.7. The zero-order chi connectivity index (χ0) is 16.3. The van der Waals surface area contributed by atoms with Gasteiger partial charge in [-0.3, -0.25) is 4.79 Å². The van der Waals surface area contributed by atoms with Crippen LogP contribution < -0.4 is 5.48 Å². The number of carbonyl (C=O) groups excluding carboxylic acids is 1. The zero-order valence-corrected chi connectivity index (χ0v) is 13.7. The van der Waals surface area contributed by atoms with Gasteiger partial charge in [0.15, 0.2) is 0 Å². The molecule has 0 radical (unpaired) electrons. The number of hydrogen-bond donors (Lipinski definition) is 1. The smallest absolute Gasteiger partial charge is 0.325 e. The molecule has 0 saturated carbocycles. The number of hydroxylamine groups is 1. The highest BCUT2D eigenvalue weighted by Gasteiger charge is 2.24. The maximum absolute atomic E-state index is 11.9. The molecule has 1 N–H and O–H groups in total. The first-order valence-corrected chi connectivity index (χ1v) is 7.90. The van der Waals surface area contributed by atoms with Crippen molar-refractivity contribution in [1.29, 1.82) is 0 Å². The number of hydrogen-bond acceptors (Lipinski definition) is 6. The molecular weight excluding hydrogens is 294 g/mol. The van der Waals surface area contributed by atoms with Crippen LogP contribution in [0.25, 0.3) is 0 Å². The van der Waals surface area contributed by atoms with Crippen LogP contribution in [0.3, 0.4) is 0 Å². The lowest BCUT2D eigenvalue weighted by atomic mass is 10.2. The molecule has 0 fully saturated rings. The number of rotatable bonds is 5. The Morgan fingerprint density at radius 3 is 2.19 bits per heavy atom. The molecule has 118 valence electrons. The Balaban J connectivity index is 2.65. The van der Waals surface area contributed by atoms with Gasteiger partial charge < -0.3 is 4.74 Å². The molecule has 0 aliphatic carbocycles.